The molecule has 6 heteroatoms. The number of amides is 2. The van der Waals surface area contributed by atoms with E-state index in [9.17, 15) is 4.79 Å². The van der Waals surface area contributed by atoms with Crippen LogP contribution in [0, 0.1) is 13.8 Å². The van der Waals surface area contributed by atoms with Gasteiger partial charge in [0.25, 0.3) is 0 Å². The molecule has 2 aromatic rings. The highest BCUT2D eigenvalue weighted by molar-refractivity contribution is 5.90. The van der Waals surface area contributed by atoms with Crippen LogP contribution in [0.4, 0.5) is 10.5 Å². The standard InChI is InChI=1S/C19H26N4O2/c1-4-23-14(3)18(13(2)22-23)21-19(24)20-16-10-11-25-17(12-16)15-8-6-5-7-9-15/h5-9,16-17H,4,10-12H2,1-3H3,(H2,20,21,24)/t16-,17+/m0/s1. The summed E-state index contributed by atoms with van der Waals surface area (Å²) in [6.07, 6.45) is 1.64. The van der Waals surface area contributed by atoms with Crippen LogP contribution in [-0.2, 0) is 11.3 Å². The molecular weight excluding hydrogens is 316 g/mol. The fourth-order valence-electron chi connectivity index (χ4n) is 3.35. The molecule has 0 bridgehead atoms. The maximum atomic E-state index is 12.4. The van der Waals surface area contributed by atoms with E-state index in [1.807, 2.05) is 43.7 Å². The van der Waals surface area contributed by atoms with Gasteiger partial charge in [-0.2, -0.15) is 5.10 Å². The Kier molecular flexibility index (Phi) is 5.38. The smallest absolute Gasteiger partial charge is 0.319 e. The molecular formula is C19H26N4O2. The Morgan fingerprint density at radius 1 is 1.32 bits per heavy atom. The monoisotopic (exact) mass is 342 g/mol. The lowest BCUT2D eigenvalue weighted by atomic mass is 9.97. The maximum Gasteiger partial charge on any atom is 0.319 e. The van der Waals surface area contributed by atoms with Crippen LogP contribution in [0.25, 0.3) is 0 Å². The van der Waals surface area contributed by atoms with Crippen molar-refractivity contribution in [1.82, 2.24) is 15.1 Å². The van der Waals surface area contributed by atoms with E-state index in [0.29, 0.717) is 6.61 Å². The topological polar surface area (TPSA) is 68.2 Å². The highest BCUT2D eigenvalue weighted by atomic mass is 16.5. The number of urea groups is 1. The van der Waals surface area contributed by atoms with Crippen molar-refractivity contribution in [3.8, 4) is 0 Å². The van der Waals surface area contributed by atoms with Gasteiger partial charge in [-0.25, -0.2) is 4.79 Å². The lowest BCUT2D eigenvalue weighted by Gasteiger charge is -2.30. The van der Waals surface area contributed by atoms with Gasteiger partial charge < -0.3 is 15.4 Å². The Morgan fingerprint density at radius 3 is 2.76 bits per heavy atom. The first kappa shape index (κ1) is 17.5. The second-order valence-electron chi connectivity index (χ2n) is 6.45. The number of nitrogens with one attached hydrogen (secondary N) is 2. The van der Waals surface area contributed by atoms with E-state index in [1.165, 1.54) is 0 Å². The number of hydrogen-bond donors (Lipinski definition) is 2. The SMILES string of the molecule is CCn1nc(C)c(NC(=O)N[C@H]2CCO[C@@H](c3ccccc3)C2)c1C. The van der Waals surface area contributed by atoms with Crippen molar-refractivity contribution >= 4 is 11.7 Å². The van der Waals surface area contributed by atoms with Gasteiger partial charge in [-0.15, -0.1) is 0 Å². The second-order valence-corrected chi connectivity index (χ2v) is 6.45. The molecule has 0 aliphatic carbocycles. The number of ether oxygens (including phenoxy) is 1. The van der Waals surface area contributed by atoms with Crippen molar-refractivity contribution in [1.29, 1.82) is 0 Å². The minimum Gasteiger partial charge on any atom is -0.373 e. The fraction of sp³-hybridized carbons (Fsp3) is 0.474. The first-order valence-electron chi connectivity index (χ1n) is 8.86. The summed E-state index contributed by atoms with van der Waals surface area (Å²) in [5.41, 5.74) is 3.77. The first-order valence-corrected chi connectivity index (χ1v) is 8.86. The van der Waals surface area contributed by atoms with Crippen LogP contribution in [0.5, 0.6) is 0 Å². The molecule has 2 N–H and O–H groups in total. The van der Waals surface area contributed by atoms with Crippen LogP contribution in [0.1, 0.15) is 42.8 Å². The number of anilines is 1. The molecule has 1 aliphatic heterocycles. The summed E-state index contributed by atoms with van der Waals surface area (Å²) in [5, 5.41) is 10.5. The van der Waals surface area contributed by atoms with Crippen molar-refractivity contribution in [3.63, 3.8) is 0 Å². The maximum absolute atomic E-state index is 12.4. The van der Waals surface area contributed by atoms with Gasteiger partial charge in [0, 0.05) is 19.2 Å². The molecule has 0 radical (unpaired) electrons. The molecule has 0 unspecified atom stereocenters. The first-order chi connectivity index (χ1) is 12.1. The van der Waals surface area contributed by atoms with Crippen molar-refractivity contribution < 1.29 is 9.53 Å². The van der Waals surface area contributed by atoms with Crippen LogP contribution in [0.3, 0.4) is 0 Å². The molecule has 0 spiro atoms. The van der Waals surface area contributed by atoms with E-state index in [2.05, 4.69) is 27.9 Å². The normalized spacial score (nSPS) is 20.3. The zero-order chi connectivity index (χ0) is 17.8. The average Bonchev–Trinajstić information content (AvgIpc) is 2.90. The van der Waals surface area contributed by atoms with E-state index < -0.39 is 0 Å². The van der Waals surface area contributed by atoms with Crippen LogP contribution >= 0.6 is 0 Å². The van der Waals surface area contributed by atoms with E-state index in [4.69, 9.17) is 4.74 Å². The lowest BCUT2D eigenvalue weighted by molar-refractivity contribution is 0.00253. The number of carbonyl (C=O) groups excluding carboxylic acids is 1. The Hall–Kier alpha value is -2.34. The molecule has 2 heterocycles. The van der Waals surface area contributed by atoms with Gasteiger partial charge in [0.2, 0.25) is 0 Å². The van der Waals surface area contributed by atoms with Crippen LogP contribution in [0.2, 0.25) is 0 Å². The van der Waals surface area contributed by atoms with E-state index >= 15 is 0 Å². The number of carbonyl (C=O) groups is 1. The van der Waals surface area contributed by atoms with E-state index in [-0.39, 0.29) is 18.2 Å². The minimum absolute atomic E-state index is 0.0339. The van der Waals surface area contributed by atoms with Crippen LogP contribution in [-0.4, -0.2) is 28.5 Å². The number of nitrogens with zero attached hydrogens (tertiary/aromatic N) is 2. The van der Waals surface area contributed by atoms with Gasteiger partial charge in [-0.05, 0) is 39.2 Å². The molecule has 134 valence electrons. The Bertz CT molecular complexity index is 727. The Labute approximate surface area is 148 Å². The highest BCUT2D eigenvalue weighted by Gasteiger charge is 2.25. The third-order valence-electron chi connectivity index (χ3n) is 4.71. The molecule has 25 heavy (non-hydrogen) atoms. The summed E-state index contributed by atoms with van der Waals surface area (Å²) < 4.78 is 7.76. The summed E-state index contributed by atoms with van der Waals surface area (Å²) >= 11 is 0. The number of benzene rings is 1. The molecule has 1 fully saturated rings. The molecule has 1 saturated heterocycles. The van der Waals surface area contributed by atoms with Gasteiger partial charge in [0.05, 0.1) is 23.2 Å². The van der Waals surface area contributed by atoms with Gasteiger partial charge in [-0.3, -0.25) is 4.68 Å². The van der Waals surface area contributed by atoms with Gasteiger partial charge in [-0.1, -0.05) is 30.3 Å². The second kappa shape index (κ2) is 7.70. The van der Waals surface area contributed by atoms with Crippen LogP contribution < -0.4 is 10.6 Å². The van der Waals surface area contributed by atoms with Crippen molar-refractivity contribution in [2.45, 2.75) is 52.3 Å². The van der Waals surface area contributed by atoms with Crippen molar-refractivity contribution in [2.24, 2.45) is 0 Å². The summed E-state index contributed by atoms with van der Waals surface area (Å²) in [6.45, 7) is 7.35. The summed E-state index contributed by atoms with van der Waals surface area (Å²) in [6, 6.07) is 10.1. The summed E-state index contributed by atoms with van der Waals surface area (Å²) in [5.74, 6) is 0. The Morgan fingerprint density at radius 2 is 2.08 bits per heavy atom. The molecule has 2 amide bonds. The largest absolute Gasteiger partial charge is 0.373 e. The zero-order valence-electron chi connectivity index (χ0n) is 15.1. The van der Waals surface area contributed by atoms with Crippen LogP contribution in [0.15, 0.2) is 30.3 Å². The number of hydrogen-bond acceptors (Lipinski definition) is 3. The number of rotatable bonds is 4. The average molecular weight is 342 g/mol. The molecule has 1 aliphatic rings. The number of aromatic nitrogens is 2. The Balaban J connectivity index is 1.60. The predicted octanol–water partition coefficient (Wildman–Crippen LogP) is 3.56. The summed E-state index contributed by atoms with van der Waals surface area (Å²) in [4.78, 5) is 12.4. The van der Waals surface area contributed by atoms with Crippen molar-refractivity contribution in [3.05, 3.63) is 47.3 Å². The summed E-state index contributed by atoms with van der Waals surface area (Å²) in [7, 11) is 0. The van der Waals surface area contributed by atoms with Gasteiger partial charge in [0.1, 0.15) is 0 Å². The third-order valence-corrected chi connectivity index (χ3v) is 4.71. The molecule has 0 saturated carbocycles. The minimum atomic E-state index is -0.180. The molecule has 3 rings (SSSR count). The molecule has 1 aromatic heterocycles. The van der Waals surface area contributed by atoms with Gasteiger partial charge in [0.15, 0.2) is 0 Å². The third kappa shape index (κ3) is 4.02. The van der Waals surface area contributed by atoms with E-state index in [0.717, 1.165) is 42.0 Å². The van der Waals surface area contributed by atoms with Gasteiger partial charge >= 0.3 is 6.03 Å². The molecule has 1 aromatic carbocycles. The molecule has 2 atom stereocenters. The van der Waals surface area contributed by atoms with E-state index in [1.54, 1.807) is 0 Å². The van der Waals surface area contributed by atoms with Crippen molar-refractivity contribution in [2.75, 3.05) is 11.9 Å². The number of aryl methyl sites for hydroxylation is 2. The quantitative estimate of drug-likeness (QED) is 0.893. The zero-order valence-corrected chi connectivity index (χ0v) is 15.1. The molecule has 6 nitrogen and oxygen atoms in total. The lowest BCUT2D eigenvalue weighted by Crippen LogP contribution is -2.42. The highest BCUT2D eigenvalue weighted by Crippen LogP contribution is 2.28. The fourth-order valence-corrected chi connectivity index (χ4v) is 3.35. The predicted molar refractivity (Wildman–Crippen MR) is 97.7 cm³/mol.